The summed E-state index contributed by atoms with van der Waals surface area (Å²) in [5.74, 6) is 1.04. The minimum absolute atomic E-state index is 0.0559. The van der Waals surface area contributed by atoms with Gasteiger partial charge < -0.3 is 10.1 Å². The van der Waals surface area contributed by atoms with Gasteiger partial charge >= 0.3 is 0 Å². The Morgan fingerprint density at radius 3 is 2.55 bits per heavy atom. The molecule has 1 saturated heterocycles. The van der Waals surface area contributed by atoms with E-state index in [0.717, 1.165) is 27.8 Å². The highest BCUT2D eigenvalue weighted by Gasteiger charge is 2.34. The Morgan fingerprint density at radius 1 is 0.970 bits per heavy atom. The summed E-state index contributed by atoms with van der Waals surface area (Å²) in [5.41, 5.74) is 3.10. The summed E-state index contributed by atoms with van der Waals surface area (Å²) in [7, 11) is 1.62. The fourth-order valence-electron chi connectivity index (χ4n) is 4.08. The van der Waals surface area contributed by atoms with Gasteiger partial charge in [0.1, 0.15) is 11.1 Å². The van der Waals surface area contributed by atoms with Crippen LogP contribution in [0.1, 0.15) is 21.3 Å². The molecule has 1 fully saturated rings. The lowest BCUT2D eigenvalue weighted by molar-refractivity contribution is -0.115. The molecule has 1 aliphatic rings. The number of hydrogen-bond acceptors (Lipinski definition) is 4. The van der Waals surface area contributed by atoms with E-state index in [9.17, 15) is 9.59 Å². The van der Waals surface area contributed by atoms with E-state index in [1.165, 1.54) is 0 Å². The van der Waals surface area contributed by atoms with Crippen LogP contribution in [0.4, 0.5) is 11.4 Å². The van der Waals surface area contributed by atoms with Crippen LogP contribution in [0.3, 0.4) is 0 Å². The van der Waals surface area contributed by atoms with Gasteiger partial charge in [0, 0.05) is 16.9 Å². The van der Waals surface area contributed by atoms with E-state index in [-0.39, 0.29) is 17.2 Å². The molecule has 0 bridgehead atoms. The first-order valence-corrected chi connectivity index (χ1v) is 11.7. The molecule has 4 aromatic rings. The largest absolute Gasteiger partial charge is 0.497 e. The Hall–Kier alpha value is -3.77. The topological polar surface area (TPSA) is 58.6 Å². The van der Waals surface area contributed by atoms with E-state index in [1.54, 1.807) is 23.8 Å². The molecule has 1 heterocycles. The summed E-state index contributed by atoms with van der Waals surface area (Å²) >= 11 is 1.57. The summed E-state index contributed by atoms with van der Waals surface area (Å²) in [4.78, 5) is 27.6. The number of carbonyl (C=O) groups is 2. The Bertz CT molecular complexity index is 1330. The molecule has 1 N–H and O–H groups in total. The Balaban J connectivity index is 1.41. The van der Waals surface area contributed by atoms with Crippen LogP contribution in [0.15, 0.2) is 91.0 Å². The van der Waals surface area contributed by atoms with Crippen LogP contribution in [-0.4, -0.2) is 24.7 Å². The van der Waals surface area contributed by atoms with Gasteiger partial charge in [-0.15, -0.1) is 11.8 Å². The molecule has 6 heteroatoms. The first-order chi connectivity index (χ1) is 16.1. The second-order valence-corrected chi connectivity index (χ2v) is 8.80. The van der Waals surface area contributed by atoms with Crippen LogP contribution >= 0.6 is 11.8 Å². The van der Waals surface area contributed by atoms with E-state index >= 15 is 0 Å². The number of rotatable bonds is 5. The third kappa shape index (κ3) is 4.17. The zero-order valence-corrected chi connectivity index (χ0v) is 18.8. The SMILES string of the molecule is COc1ccc(N2C(=O)CSC2c2cccc(NC(=O)c3cccc4ccccc34)c2)cc1. The lowest BCUT2D eigenvalue weighted by Gasteiger charge is -2.25. The molecule has 1 aliphatic heterocycles. The summed E-state index contributed by atoms with van der Waals surface area (Å²) in [5, 5.41) is 4.80. The average Bonchev–Trinajstić information content (AvgIpc) is 3.25. The molecule has 5 nitrogen and oxygen atoms in total. The molecular formula is C27H22N2O3S. The maximum Gasteiger partial charge on any atom is 0.256 e. The number of benzene rings is 4. The van der Waals surface area contributed by atoms with Gasteiger partial charge in [0.15, 0.2) is 0 Å². The Morgan fingerprint density at radius 2 is 1.73 bits per heavy atom. The number of amides is 2. The van der Waals surface area contributed by atoms with Crippen molar-refractivity contribution in [1.29, 1.82) is 0 Å². The maximum absolute atomic E-state index is 13.1. The summed E-state index contributed by atoms with van der Waals surface area (Å²) < 4.78 is 5.24. The van der Waals surface area contributed by atoms with Crippen molar-refractivity contribution in [3.05, 3.63) is 102 Å². The molecular weight excluding hydrogens is 432 g/mol. The van der Waals surface area contributed by atoms with Crippen LogP contribution in [0, 0.1) is 0 Å². The number of anilines is 2. The van der Waals surface area contributed by atoms with Crippen molar-refractivity contribution in [2.24, 2.45) is 0 Å². The van der Waals surface area contributed by atoms with Gasteiger partial charge in [0.25, 0.3) is 5.91 Å². The van der Waals surface area contributed by atoms with Gasteiger partial charge in [-0.25, -0.2) is 0 Å². The molecule has 33 heavy (non-hydrogen) atoms. The average molecular weight is 455 g/mol. The van der Waals surface area contributed by atoms with Gasteiger partial charge in [0.05, 0.1) is 12.9 Å². The monoisotopic (exact) mass is 454 g/mol. The lowest BCUT2D eigenvalue weighted by atomic mass is 10.0. The number of methoxy groups -OCH3 is 1. The molecule has 0 aromatic heterocycles. The van der Waals surface area contributed by atoms with Crippen molar-refractivity contribution >= 4 is 45.7 Å². The van der Waals surface area contributed by atoms with Crippen molar-refractivity contribution in [2.75, 3.05) is 23.1 Å². The fraction of sp³-hybridized carbons (Fsp3) is 0.111. The predicted molar refractivity (Wildman–Crippen MR) is 134 cm³/mol. The Kier molecular flexibility index (Phi) is 5.75. The van der Waals surface area contributed by atoms with Gasteiger partial charge in [-0.2, -0.15) is 0 Å². The molecule has 5 rings (SSSR count). The second-order valence-electron chi connectivity index (χ2n) is 7.73. The van der Waals surface area contributed by atoms with E-state index in [1.807, 2.05) is 91.0 Å². The van der Waals surface area contributed by atoms with Gasteiger partial charge in [-0.05, 0) is 58.8 Å². The van der Waals surface area contributed by atoms with E-state index < -0.39 is 0 Å². The zero-order chi connectivity index (χ0) is 22.8. The highest BCUT2D eigenvalue weighted by atomic mass is 32.2. The molecule has 2 amide bonds. The molecule has 0 spiro atoms. The normalized spacial score (nSPS) is 15.6. The lowest BCUT2D eigenvalue weighted by Crippen LogP contribution is -2.27. The van der Waals surface area contributed by atoms with E-state index in [2.05, 4.69) is 5.32 Å². The van der Waals surface area contributed by atoms with E-state index in [0.29, 0.717) is 17.0 Å². The third-order valence-electron chi connectivity index (χ3n) is 5.68. The van der Waals surface area contributed by atoms with Gasteiger partial charge in [-0.3, -0.25) is 14.5 Å². The van der Waals surface area contributed by atoms with Crippen LogP contribution in [-0.2, 0) is 4.79 Å². The smallest absolute Gasteiger partial charge is 0.256 e. The maximum atomic E-state index is 13.1. The van der Waals surface area contributed by atoms with Crippen molar-refractivity contribution in [3.8, 4) is 5.75 Å². The van der Waals surface area contributed by atoms with Gasteiger partial charge in [0.2, 0.25) is 5.91 Å². The number of ether oxygens (including phenoxy) is 1. The number of hydrogen-bond donors (Lipinski definition) is 1. The first-order valence-electron chi connectivity index (χ1n) is 10.6. The molecule has 0 radical (unpaired) electrons. The molecule has 0 saturated carbocycles. The number of thioether (sulfide) groups is 1. The molecule has 164 valence electrons. The quantitative estimate of drug-likeness (QED) is 0.409. The predicted octanol–water partition coefficient (Wildman–Crippen LogP) is 5.88. The molecule has 4 aromatic carbocycles. The number of nitrogens with one attached hydrogen (secondary N) is 1. The van der Waals surface area contributed by atoms with Crippen molar-refractivity contribution in [3.63, 3.8) is 0 Å². The van der Waals surface area contributed by atoms with Crippen molar-refractivity contribution in [1.82, 2.24) is 0 Å². The van der Waals surface area contributed by atoms with Crippen LogP contribution in [0.5, 0.6) is 5.75 Å². The first kappa shape index (κ1) is 21.1. The standard InChI is InChI=1S/C27H22N2O3S/c1-32-22-14-12-21(13-15-22)29-25(30)17-33-27(29)19-8-4-9-20(16-19)28-26(31)24-11-5-7-18-6-2-3-10-23(18)24/h2-16,27H,17H2,1H3,(H,28,31). The van der Waals surface area contributed by atoms with Crippen molar-refractivity contribution < 1.29 is 14.3 Å². The number of nitrogens with zero attached hydrogens (tertiary/aromatic N) is 1. The van der Waals surface area contributed by atoms with E-state index in [4.69, 9.17) is 4.74 Å². The minimum Gasteiger partial charge on any atom is -0.497 e. The highest BCUT2D eigenvalue weighted by Crippen LogP contribution is 2.42. The minimum atomic E-state index is -0.166. The molecule has 1 atom stereocenters. The third-order valence-corrected chi connectivity index (χ3v) is 6.89. The number of carbonyl (C=O) groups excluding carboxylic acids is 2. The van der Waals surface area contributed by atoms with Gasteiger partial charge in [-0.1, -0.05) is 48.5 Å². The summed E-state index contributed by atoms with van der Waals surface area (Å²) in [6.45, 7) is 0. The second kappa shape index (κ2) is 9.00. The van der Waals surface area contributed by atoms with Crippen molar-refractivity contribution in [2.45, 2.75) is 5.37 Å². The fourth-order valence-corrected chi connectivity index (χ4v) is 5.25. The van der Waals surface area contributed by atoms with Crippen LogP contribution in [0.2, 0.25) is 0 Å². The summed E-state index contributed by atoms with van der Waals surface area (Å²) in [6.07, 6.45) is 0. The zero-order valence-electron chi connectivity index (χ0n) is 18.0. The molecule has 0 aliphatic carbocycles. The number of fused-ring (bicyclic) bond motifs is 1. The molecule has 1 unspecified atom stereocenters. The Labute approximate surface area is 196 Å². The summed E-state index contributed by atoms with van der Waals surface area (Å²) in [6, 6.07) is 28.7. The van der Waals surface area contributed by atoms with Crippen LogP contribution < -0.4 is 15.0 Å². The highest BCUT2D eigenvalue weighted by molar-refractivity contribution is 8.00. The van der Waals surface area contributed by atoms with Crippen LogP contribution in [0.25, 0.3) is 10.8 Å².